The number of esters is 1. The number of hydrogen-bond donors (Lipinski definition) is 0. The third-order valence-electron chi connectivity index (χ3n) is 3.90. The second kappa shape index (κ2) is 6.14. The third kappa shape index (κ3) is 3.80. The Balaban J connectivity index is 2.34. The first-order valence-corrected chi connectivity index (χ1v) is 9.44. The molecule has 138 valence electrons. The molecule has 10 heteroatoms. The molecule has 2 saturated heterocycles. The van der Waals surface area contributed by atoms with Crippen LogP contribution in [0.2, 0.25) is 0 Å². The molecule has 2 aliphatic rings. The van der Waals surface area contributed by atoms with E-state index in [0.29, 0.717) is 0 Å². The zero-order valence-electron chi connectivity index (χ0n) is 14.4. The molecule has 4 atom stereocenters. The molecule has 2 fully saturated rings. The summed E-state index contributed by atoms with van der Waals surface area (Å²) in [6.45, 7) is 5.70. The van der Waals surface area contributed by atoms with Gasteiger partial charge in [0.1, 0.15) is 17.9 Å². The number of likely N-dealkylation sites (tertiary alicyclic amines) is 1. The first-order valence-electron chi connectivity index (χ1n) is 7.59. The van der Waals surface area contributed by atoms with Gasteiger partial charge in [0.05, 0.1) is 31.4 Å². The molecule has 24 heavy (non-hydrogen) atoms. The molecule has 0 aromatic carbocycles. The van der Waals surface area contributed by atoms with Gasteiger partial charge in [-0.2, -0.15) is 4.31 Å². The predicted molar refractivity (Wildman–Crippen MR) is 82.5 cm³/mol. The molecule has 0 saturated carbocycles. The summed E-state index contributed by atoms with van der Waals surface area (Å²) in [6.07, 6.45) is -2.32. The number of fused-ring (bicyclic) bond motifs is 1. The number of carbonyl (C=O) groups is 2. The van der Waals surface area contributed by atoms with Gasteiger partial charge in [0.25, 0.3) is 0 Å². The van der Waals surface area contributed by atoms with Gasteiger partial charge in [-0.25, -0.2) is 17.6 Å². The van der Waals surface area contributed by atoms with Crippen LogP contribution >= 0.6 is 0 Å². The van der Waals surface area contributed by atoms with Gasteiger partial charge in [-0.15, -0.1) is 0 Å². The average molecular weight is 366 g/mol. The van der Waals surface area contributed by atoms with E-state index >= 15 is 0 Å². The van der Waals surface area contributed by atoms with Gasteiger partial charge in [0, 0.05) is 6.92 Å². The standard InChI is InChI=1S/C14H23FN2O6S/c1-8(18)22-10-7-17(24(5,20)21)11-9(15)6-16(12(10)11)13(19)23-14(2,3)4/h9-12H,6-7H2,1-5H3/t9?,10-,11?,12?/m1/s1. The van der Waals surface area contributed by atoms with E-state index in [-0.39, 0.29) is 13.1 Å². The van der Waals surface area contributed by atoms with Gasteiger partial charge >= 0.3 is 12.1 Å². The summed E-state index contributed by atoms with van der Waals surface area (Å²) in [5.41, 5.74) is -0.785. The van der Waals surface area contributed by atoms with Crippen LogP contribution in [-0.2, 0) is 24.3 Å². The molecule has 3 unspecified atom stereocenters. The summed E-state index contributed by atoms with van der Waals surface area (Å²) in [4.78, 5) is 24.8. The van der Waals surface area contributed by atoms with Crippen molar-refractivity contribution in [3.8, 4) is 0 Å². The van der Waals surface area contributed by atoms with Crippen molar-refractivity contribution in [1.82, 2.24) is 9.21 Å². The van der Waals surface area contributed by atoms with Crippen LogP contribution in [0.3, 0.4) is 0 Å². The lowest BCUT2D eigenvalue weighted by molar-refractivity contribution is -0.147. The Morgan fingerprint density at radius 3 is 2.21 bits per heavy atom. The molecule has 2 rings (SSSR count). The lowest BCUT2D eigenvalue weighted by atomic mass is 10.1. The van der Waals surface area contributed by atoms with Gasteiger partial charge in [0.15, 0.2) is 0 Å². The van der Waals surface area contributed by atoms with Crippen LogP contribution in [0.5, 0.6) is 0 Å². The maximum Gasteiger partial charge on any atom is 0.410 e. The number of carbonyl (C=O) groups excluding carboxylic acids is 2. The van der Waals surface area contributed by atoms with E-state index in [1.807, 2.05) is 0 Å². The highest BCUT2D eigenvalue weighted by Crippen LogP contribution is 2.37. The van der Waals surface area contributed by atoms with Crippen LogP contribution in [-0.4, -0.2) is 79.0 Å². The average Bonchev–Trinajstić information content (AvgIpc) is 2.86. The Morgan fingerprint density at radius 1 is 1.17 bits per heavy atom. The Kier molecular flexibility index (Phi) is 4.84. The fraction of sp³-hybridized carbons (Fsp3) is 0.857. The SMILES string of the molecule is CC(=O)O[C@@H]1CN(S(C)(=O)=O)C2C(F)CN(C(=O)OC(C)(C)C)C21. The summed E-state index contributed by atoms with van der Waals surface area (Å²) < 4.78 is 49.8. The number of ether oxygens (including phenoxy) is 2. The van der Waals surface area contributed by atoms with Crippen molar-refractivity contribution in [2.24, 2.45) is 0 Å². The van der Waals surface area contributed by atoms with E-state index in [9.17, 15) is 22.4 Å². The molecular formula is C14H23FN2O6S. The molecule has 0 aromatic rings. The van der Waals surface area contributed by atoms with Gasteiger partial charge in [-0.1, -0.05) is 0 Å². The number of sulfonamides is 1. The van der Waals surface area contributed by atoms with E-state index in [1.54, 1.807) is 20.8 Å². The Hall–Kier alpha value is -1.42. The first-order chi connectivity index (χ1) is 10.8. The summed E-state index contributed by atoms with van der Waals surface area (Å²) in [5, 5.41) is 0. The number of nitrogens with zero attached hydrogens (tertiary/aromatic N) is 2. The Labute approximate surface area is 140 Å². The summed E-state index contributed by atoms with van der Waals surface area (Å²) in [7, 11) is -3.72. The number of rotatable bonds is 2. The number of hydrogen-bond acceptors (Lipinski definition) is 6. The van der Waals surface area contributed by atoms with Crippen molar-refractivity contribution < 1.29 is 31.9 Å². The fourth-order valence-corrected chi connectivity index (χ4v) is 4.30. The van der Waals surface area contributed by atoms with E-state index in [0.717, 1.165) is 15.5 Å². The van der Waals surface area contributed by atoms with Crippen molar-refractivity contribution in [3.05, 3.63) is 0 Å². The second-order valence-electron chi connectivity index (χ2n) is 7.11. The zero-order chi connectivity index (χ0) is 18.4. The minimum absolute atomic E-state index is 0.187. The van der Waals surface area contributed by atoms with Crippen molar-refractivity contribution in [3.63, 3.8) is 0 Å². The van der Waals surface area contributed by atoms with Crippen LogP contribution in [0.1, 0.15) is 27.7 Å². The van der Waals surface area contributed by atoms with Crippen molar-refractivity contribution in [2.75, 3.05) is 19.3 Å². The maximum atomic E-state index is 14.5. The molecule has 0 bridgehead atoms. The third-order valence-corrected chi connectivity index (χ3v) is 5.14. The summed E-state index contributed by atoms with van der Waals surface area (Å²) >= 11 is 0. The number of alkyl halides is 1. The van der Waals surface area contributed by atoms with Crippen LogP contribution < -0.4 is 0 Å². The van der Waals surface area contributed by atoms with E-state index in [4.69, 9.17) is 9.47 Å². The highest BCUT2D eigenvalue weighted by Gasteiger charge is 2.59. The second-order valence-corrected chi connectivity index (χ2v) is 9.05. The van der Waals surface area contributed by atoms with Gasteiger partial charge in [-0.3, -0.25) is 9.69 Å². The van der Waals surface area contributed by atoms with Crippen LogP contribution in [0.15, 0.2) is 0 Å². The largest absolute Gasteiger partial charge is 0.459 e. The quantitative estimate of drug-likeness (QED) is 0.662. The topological polar surface area (TPSA) is 93.2 Å². The Bertz CT molecular complexity index is 632. The maximum absolute atomic E-state index is 14.5. The number of amides is 1. The first kappa shape index (κ1) is 18.9. The smallest absolute Gasteiger partial charge is 0.410 e. The van der Waals surface area contributed by atoms with Gasteiger partial charge in [0.2, 0.25) is 10.0 Å². The Morgan fingerprint density at radius 2 is 1.75 bits per heavy atom. The molecule has 2 aliphatic heterocycles. The minimum Gasteiger partial charge on any atom is -0.459 e. The summed E-state index contributed by atoms with van der Waals surface area (Å²) in [5.74, 6) is -0.624. The van der Waals surface area contributed by atoms with Crippen LogP contribution in [0.4, 0.5) is 9.18 Å². The monoisotopic (exact) mass is 366 g/mol. The van der Waals surface area contributed by atoms with Crippen molar-refractivity contribution in [1.29, 1.82) is 0 Å². The lowest BCUT2D eigenvalue weighted by Crippen LogP contribution is -2.48. The predicted octanol–water partition coefficient (Wildman–Crippen LogP) is 0.519. The molecule has 0 aliphatic carbocycles. The fourth-order valence-electron chi connectivity index (χ4n) is 3.19. The van der Waals surface area contributed by atoms with Crippen LogP contribution in [0, 0.1) is 0 Å². The molecule has 0 spiro atoms. The highest BCUT2D eigenvalue weighted by molar-refractivity contribution is 7.88. The van der Waals surface area contributed by atoms with Crippen molar-refractivity contribution in [2.45, 2.75) is 57.7 Å². The molecule has 2 heterocycles. The van der Waals surface area contributed by atoms with Crippen LogP contribution in [0.25, 0.3) is 0 Å². The normalized spacial score (nSPS) is 31.0. The molecule has 8 nitrogen and oxygen atoms in total. The van der Waals surface area contributed by atoms with Crippen molar-refractivity contribution >= 4 is 22.1 Å². The van der Waals surface area contributed by atoms with E-state index in [2.05, 4.69) is 0 Å². The van der Waals surface area contributed by atoms with Gasteiger partial charge < -0.3 is 9.47 Å². The molecular weight excluding hydrogens is 343 g/mol. The minimum atomic E-state index is -3.72. The number of halogens is 1. The molecule has 0 radical (unpaired) electrons. The summed E-state index contributed by atoms with van der Waals surface area (Å²) in [6, 6.07) is -2.00. The lowest BCUT2D eigenvalue weighted by Gasteiger charge is -2.30. The molecule has 1 amide bonds. The van der Waals surface area contributed by atoms with E-state index < -0.39 is 52.0 Å². The van der Waals surface area contributed by atoms with E-state index in [1.165, 1.54) is 6.92 Å². The molecule has 0 aromatic heterocycles. The highest BCUT2D eigenvalue weighted by atomic mass is 32.2. The molecule has 0 N–H and O–H groups in total. The zero-order valence-corrected chi connectivity index (χ0v) is 15.2. The van der Waals surface area contributed by atoms with Gasteiger partial charge in [-0.05, 0) is 20.8 Å².